The second-order valence-corrected chi connectivity index (χ2v) is 5.47. The van der Waals surface area contributed by atoms with Crippen LogP contribution in [0.1, 0.15) is 34.1 Å². The average molecular weight is 194 g/mol. The minimum absolute atomic E-state index is 0.444. The smallest absolute Gasteiger partial charge is 0.170 e. The summed E-state index contributed by atoms with van der Waals surface area (Å²) in [4.78, 5) is 0. The number of hydrogen-bond acceptors (Lipinski definition) is 1. The molecule has 80 valence electrons. The van der Waals surface area contributed by atoms with Crippen LogP contribution in [0.2, 0.25) is 12.6 Å². The minimum atomic E-state index is 0.444. The molecule has 0 atom stereocenters. The van der Waals surface area contributed by atoms with E-state index in [-0.39, 0.29) is 0 Å². The van der Waals surface area contributed by atoms with E-state index in [4.69, 9.17) is 4.74 Å². The van der Waals surface area contributed by atoms with Crippen LogP contribution in [-0.4, -0.2) is 19.9 Å². The van der Waals surface area contributed by atoms with E-state index in [1.54, 1.807) is 5.47 Å². The Hall–Kier alpha value is -0.235. The van der Waals surface area contributed by atoms with E-state index in [1.165, 1.54) is 12.6 Å². The molecule has 0 N–H and O–H groups in total. The number of ether oxygens (including phenoxy) is 1. The molecule has 0 spiro atoms. The Morgan fingerprint density at radius 2 is 2.14 bits per heavy atom. The molecule has 0 fully saturated rings. The summed E-state index contributed by atoms with van der Waals surface area (Å²) in [6.45, 7) is 11.8. The van der Waals surface area contributed by atoms with Crippen LogP contribution in [0.15, 0.2) is 11.5 Å². The molecule has 0 aromatic carbocycles. The molecule has 0 aliphatic carbocycles. The monoisotopic (exact) mass is 194 g/mol. The lowest BCUT2D eigenvalue weighted by Gasteiger charge is -2.26. The molecule has 0 amide bonds. The van der Waals surface area contributed by atoms with Gasteiger partial charge in [0.1, 0.15) is 0 Å². The van der Waals surface area contributed by atoms with Gasteiger partial charge < -0.3 is 4.74 Å². The molecule has 0 unspecified atom stereocenters. The first-order chi connectivity index (χ1) is 6.53. The Balaban J connectivity index is 2.57. The highest BCUT2D eigenvalue weighted by Crippen LogP contribution is 2.28. The van der Waals surface area contributed by atoms with Crippen molar-refractivity contribution in [2.24, 2.45) is 5.41 Å². The van der Waals surface area contributed by atoms with Crippen molar-refractivity contribution in [3.05, 3.63) is 11.5 Å². The van der Waals surface area contributed by atoms with E-state index in [2.05, 4.69) is 33.8 Å². The van der Waals surface area contributed by atoms with Gasteiger partial charge in [0.15, 0.2) is 6.71 Å². The number of rotatable bonds is 3. The standard InChI is InChI=1S/C12H23BO/c1-5-13(10-12(2,3)4)11-6-8-14-9-7-11/h6H,5,7-10H2,1-4H3. The SMILES string of the molecule is CCB(CC(C)(C)C)C1=CCOCC1. The van der Waals surface area contributed by atoms with E-state index in [0.29, 0.717) is 5.41 Å². The first kappa shape index (κ1) is 11.8. The zero-order chi connectivity index (χ0) is 10.6. The van der Waals surface area contributed by atoms with E-state index in [1.807, 2.05) is 0 Å². The Labute approximate surface area is 89.0 Å². The highest BCUT2D eigenvalue weighted by molar-refractivity contribution is 6.66. The summed E-state index contributed by atoms with van der Waals surface area (Å²) in [6, 6.07) is 0. The van der Waals surface area contributed by atoms with Crippen LogP contribution >= 0.6 is 0 Å². The first-order valence-corrected chi connectivity index (χ1v) is 5.79. The molecule has 0 radical (unpaired) electrons. The predicted molar refractivity (Wildman–Crippen MR) is 64.0 cm³/mol. The van der Waals surface area contributed by atoms with Crippen molar-refractivity contribution in [1.82, 2.24) is 0 Å². The third-order valence-electron chi connectivity index (χ3n) is 2.87. The topological polar surface area (TPSA) is 9.23 Å². The van der Waals surface area contributed by atoms with Crippen LogP contribution in [0.4, 0.5) is 0 Å². The molecule has 1 nitrogen and oxygen atoms in total. The molecule has 0 saturated heterocycles. The summed E-state index contributed by atoms with van der Waals surface area (Å²) in [6.07, 6.45) is 6.01. The molecule has 0 saturated carbocycles. The Kier molecular flexibility index (Phi) is 4.24. The summed E-state index contributed by atoms with van der Waals surface area (Å²) < 4.78 is 5.35. The normalized spacial score (nSPS) is 17.9. The lowest BCUT2D eigenvalue weighted by Crippen LogP contribution is -2.25. The van der Waals surface area contributed by atoms with Gasteiger partial charge in [-0.2, -0.15) is 0 Å². The van der Waals surface area contributed by atoms with Crippen LogP contribution < -0.4 is 0 Å². The van der Waals surface area contributed by atoms with Crippen LogP contribution in [0, 0.1) is 5.41 Å². The van der Waals surface area contributed by atoms with Gasteiger partial charge in [-0.1, -0.05) is 46.4 Å². The van der Waals surface area contributed by atoms with Crippen LogP contribution in [-0.2, 0) is 4.74 Å². The van der Waals surface area contributed by atoms with Crippen molar-refractivity contribution in [2.45, 2.75) is 46.8 Å². The summed E-state index contributed by atoms with van der Waals surface area (Å²) in [5, 5.41) is 0. The van der Waals surface area contributed by atoms with E-state index < -0.39 is 0 Å². The van der Waals surface area contributed by atoms with Crippen molar-refractivity contribution < 1.29 is 4.74 Å². The molecular weight excluding hydrogens is 171 g/mol. The summed E-state index contributed by atoms with van der Waals surface area (Å²) >= 11 is 0. The second-order valence-electron chi connectivity index (χ2n) is 5.47. The zero-order valence-electron chi connectivity index (χ0n) is 10.1. The average Bonchev–Trinajstić information content (AvgIpc) is 2.14. The van der Waals surface area contributed by atoms with Gasteiger partial charge in [-0.15, -0.1) is 5.47 Å². The van der Waals surface area contributed by atoms with Crippen molar-refractivity contribution in [3.8, 4) is 0 Å². The van der Waals surface area contributed by atoms with Gasteiger partial charge in [0.25, 0.3) is 0 Å². The lowest BCUT2D eigenvalue weighted by molar-refractivity contribution is 0.156. The van der Waals surface area contributed by atoms with Crippen molar-refractivity contribution >= 4 is 6.71 Å². The van der Waals surface area contributed by atoms with E-state index in [0.717, 1.165) is 26.3 Å². The van der Waals surface area contributed by atoms with Gasteiger partial charge in [-0.05, 0) is 11.8 Å². The van der Waals surface area contributed by atoms with Crippen LogP contribution in [0.3, 0.4) is 0 Å². The van der Waals surface area contributed by atoms with Crippen LogP contribution in [0.5, 0.6) is 0 Å². The fraction of sp³-hybridized carbons (Fsp3) is 0.833. The quantitative estimate of drug-likeness (QED) is 0.625. The van der Waals surface area contributed by atoms with Gasteiger partial charge in [-0.3, -0.25) is 0 Å². The molecule has 1 rings (SSSR count). The molecule has 1 heterocycles. The molecule has 2 heteroatoms. The lowest BCUT2D eigenvalue weighted by atomic mass is 9.36. The number of hydrogen-bond donors (Lipinski definition) is 0. The fourth-order valence-corrected chi connectivity index (χ4v) is 2.19. The molecular formula is C12H23BO. The minimum Gasteiger partial charge on any atom is -0.377 e. The summed E-state index contributed by atoms with van der Waals surface area (Å²) in [5.41, 5.74) is 2.08. The second kappa shape index (κ2) is 5.02. The zero-order valence-corrected chi connectivity index (χ0v) is 10.1. The van der Waals surface area contributed by atoms with Crippen LogP contribution in [0.25, 0.3) is 0 Å². The van der Waals surface area contributed by atoms with Crippen molar-refractivity contribution in [2.75, 3.05) is 13.2 Å². The molecule has 14 heavy (non-hydrogen) atoms. The van der Waals surface area contributed by atoms with Gasteiger partial charge in [-0.25, -0.2) is 0 Å². The summed E-state index contributed by atoms with van der Waals surface area (Å²) in [5.74, 6) is 0. The summed E-state index contributed by atoms with van der Waals surface area (Å²) in [7, 11) is 0. The first-order valence-electron chi connectivity index (χ1n) is 5.79. The highest BCUT2D eigenvalue weighted by atomic mass is 16.5. The molecule has 0 aromatic rings. The molecule has 0 aromatic heterocycles. The van der Waals surface area contributed by atoms with Crippen molar-refractivity contribution in [3.63, 3.8) is 0 Å². The van der Waals surface area contributed by atoms with Gasteiger partial charge >= 0.3 is 0 Å². The Morgan fingerprint density at radius 1 is 1.43 bits per heavy atom. The molecule has 1 aliphatic rings. The third-order valence-corrected chi connectivity index (χ3v) is 2.87. The largest absolute Gasteiger partial charge is 0.377 e. The predicted octanol–water partition coefficient (Wildman–Crippen LogP) is 3.43. The third kappa shape index (κ3) is 3.87. The molecule has 1 aliphatic heterocycles. The maximum Gasteiger partial charge on any atom is 0.170 e. The van der Waals surface area contributed by atoms with Gasteiger partial charge in [0.05, 0.1) is 6.61 Å². The van der Waals surface area contributed by atoms with Gasteiger partial charge in [0, 0.05) is 6.61 Å². The molecule has 0 bridgehead atoms. The fourth-order valence-electron chi connectivity index (χ4n) is 2.19. The maximum atomic E-state index is 5.35. The Morgan fingerprint density at radius 3 is 2.57 bits per heavy atom. The van der Waals surface area contributed by atoms with E-state index >= 15 is 0 Å². The highest BCUT2D eigenvalue weighted by Gasteiger charge is 2.24. The maximum absolute atomic E-state index is 5.35. The Bertz CT molecular complexity index is 203. The van der Waals surface area contributed by atoms with E-state index in [9.17, 15) is 0 Å². The van der Waals surface area contributed by atoms with Gasteiger partial charge in [0.2, 0.25) is 0 Å². The van der Waals surface area contributed by atoms with Crippen molar-refractivity contribution in [1.29, 1.82) is 0 Å².